The lowest BCUT2D eigenvalue weighted by molar-refractivity contribution is 0.199. The van der Waals surface area contributed by atoms with Crippen LogP contribution in [-0.4, -0.2) is 60.5 Å². The highest BCUT2D eigenvalue weighted by atomic mass is 15.3. The summed E-state index contributed by atoms with van der Waals surface area (Å²) in [6.07, 6.45) is 4.96. The smallest absolute Gasteiger partial charge is 0.146 e. The van der Waals surface area contributed by atoms with E-state index < -0.39 is 0 Å². The van der Waals surface area contributed by atoms with E-state index in [9.17, 15) is 0 Å². The van der Waals surface area contributed by atoms with Crippen LogP contribution < -0.4 is 0 Å². The molecule has 0 spiro atoms. The molecule has 0 N–H and O–H groups in total. The van der Waals surface area contributed by atoms with Gasteiger partial charge in [-0.15, -0.1) is 10.2 Å². The lowest BCUT2D eigenvalue weighted by atomic mass is 9.95. The first-order valence-electron chi connectivity index (χ1n) is 10.9. The maximum Gasteiger partial charge on any atom is 0.146 e. The van der Waals surface area contributed by atoms with Gasteiger partial charge < -0.3 is 4.57 Å². The normalized spacial score (nSPS) is 19.7. The van der Waals surface area contributed by atoms with Crippen LogP contribution in [0.3, 0.4) is 0 Å². The van der Waals surface area contributed by atoms with Gasteiger partial charge in [-0.2, -0.15) is 5.10 Å². The SMILES string of the molecule is CCn1nc(C)c(CN2CCC(c3nnc(CN4CCCC4)n3C)CC2)c1C. The minimum atomic E-state index is 0.529. The molecule has 0 saturated carbocycles. The predicted octanol–water partition coefficient (Wildman–Crippen LogP) is 2.62. The minimum Gasteiger partial charge on any atom is -0.317 e. The van der Waals surface area contributed by atoms with Gasteiger partial charge in [0.1, 0.15) is 11.6 Å². The molecule has 2 aliphatic heterocycles. The van der Waals surface area contributed by atoms with Crippen molar-refractivity contribution in [3.63, 3.8) is 0 Å². The van der Waals surface area contributed by atoms with Crippen molar-refractivity contribution in [1.82, 2.24) is 34.3 Å². The number of hydrogen-bond donors (Lipinski definition) is 0. The van der Waals surface area contributed by atoms with E-state index in [0.29, 0.717) is 5.92 Å². The van der Waals surface area contributed by atoms with Gasteiger partial charge in [0.15, 0.2) is 0 Å². The molecule has 28 heavy (non-hydrogen) atoms. The zero-order valence-corrected chi connectivity index (χ0v) is 18.0. The summed E-state index contributed by atoms with van der Waals surface area (Å²) in [5.74, 6) is 2.83. The summed E-state index contributed by atoms with van der Waals surface area (Å²) < 4.78 is 4.39. The molecule has 0 amide bonds. The van der Waals surface area contributed by atoms with Crippen LogP contribution in [0.25, 0.3) is 0 Å². The summed E-state index contributed by atoms with van der Waals surface area (Å²) in [6, 6.07) is 0. The standard InChI is InChI=1S/C21H35N7/c1-5-28-17(3)19(16(2)24-28)14-27-12-8-18(9-13-27)21-23-22-20(25(21)4)15-26-10-6-7-11-26/h18H,5-15H2,1-4H3. The van der Waals surface area contributed by atoms with Crippen LogP contribution in [0.2, 0.25) is 0 Å². The first-order valence-corrected chi connectivity index (χ1v) is 10.9. The van der Waals surface area contributed by atoms with Crippen molar-refractivity contribution in [3.8, 4) is 0 Å². The number of rotatable bonds is 6. The van der Waals surface area contributed by atoms with Gasteiger partial charge in [-0.3, -0.25) is 14.5 Å². The van der Waals surface area contributed by atoms with Crippen molar-refractivity contribution in [2.45, 2.75) is 72.0 Å². The Kier molecular flexibility index (Phi) is 5.83. The lowest BCUT2D eigenvalue weighted by Crippen LogP contribution is -2.33. The molecule has 2 aromatic rings. The van der Waals surface area contributed by atoms with Crippen LogP contribution in [0.15, 0.2) is 0 Å². The number of aromatic nitrogens is 5. The van der Waals surface area contributed by atoms with Crippen molar-refractivity contribution in [2.75, 3.05) is 26.2 Å². The quantitative estimate of drug-likeness (QED) is 0.765. The van der Waals surface area contributed by atoms with E-state index in [1.165, 1.54) is 48.7 Å². The molecule has 0 unspecified atom stereocenters. The van der Waals surface area contributed by atoms with Gasteiger partial charge in [-0.1, -0.05) is 0 Å². The molecule has 2 saturated heterocycles. The predicted molar refractivity (Wildman–Crippen MR) is 110 cm³/mol. The number of likely N-dealkylation sites (tertiary alicyclic amines) is 2. The van der Waals surface area contributed by atoms with Crippen molar-refractivity contribution < 1.29 is 0 Å². The molecule has 7 heteroatoms. The Morgan fingerprint density at radius 2 is 1.61 bits per heavy atom. The van der Waals surface area contributed by atoms with Crippen molar-refractivity contribution in [2.24, 2.45) is 7.05 Å². The highest BCUT2D eigenvalue weighted by Crippen LogP contribution is 2.28. The molecule has 4 rings (SSSR count). The van der Waals surface area contributed by atoms with E-state index in [4.69, 9.17) is 0 Å². The zero-order valence-electron chi connectivity index (χ0n) is 18.0. The fraction of sp³-hybridized carbons (Fsp3) is 0.762. The summed E-state index contributed by atoms with van der Waals surface area (Å²) in [6.45, 7) is 14.1. The van der Waals surface area contributed by atoms with Crippen LogP contribution in [0.1, 0.15) is 67.1 Å². The molecule has 4 heterocycles. The molecule has 2 aliphatic rings. The summed E-state index contributed by atoms with van der Waals surface area (Å²) >= 11 is 0. The Morgan fingerprint density at radius 1 is 0.929 bits per heavy atom. The summed E-state index contributed by atoms with van der Waals surface area (Å²) in [7, 11) is 2.15. The largest absolute Gasteiger partial charge is 0.317 e. The summed E-state index contributed by atoms with van der Waals surface area (Å²) in [5.41, 5.74) is 3.91. The molecule has 0 aliphatic carbocycles. The molecule has 0 atom stereocenters. The van der Waals surface area contributed by atoms with E-state index in [1.54, 1.807) is 0 Å². The molecule has 2 aromatic heterocycles. The molecular weight excluding hydrogens is 350 g/mol. The maximum atomic E-state index is 4.68. The second kappa shape index (κ2) is 8.33. The first kappa shape index (κ1) is 19.6. The molecule has 2 fully saturated rings. The van der Waals surface area contributed by atoms with E-state index in [2.05, 4.69) is 62.2 Å². The van der Waals surface area contributed by atoms with Gasteiger partial charge in [-0.05, 0) is 72.6 Å². The van der Waals surface area contributed by atoms with E-state index >= 15 is 0 Å². The number of hydrogen-bond acceptors (Lipinski definition) is 5. The third-order valence-corrected chi connectivity index (χ3v) is 6.73. The van der Waals surface area contributed by atoms with Gasteiger partial charge in [-0.25, -0.2) is 0 Å². The highest BCUT2D eigenvalue weighted by molar-refractivity contribution is 5.24. The number of piperidine rings is 1. The third-order valence-electron chi connectivity index (χ3n) is 6.73. The average molecular weight is 386 g/mol. The molecule has 0 radical (unpaired) electrons. The Balaban J connectivity index is 1.35. The number of nitrogens with zero attached hydrogens (tertiary/aromatic N) is 7. The van der Waals surface area contributed by atoms with Crippen LogP contribution in [0.4, 0.5) is 0 Å². The van der Waals surface area contributed by atoms with Gasteiger partial charge >= 0.3 is 0 Å². The van der Waals surface area contributed by atoms with Gasteiger partial charge in [0.05, 0.1) is 12.2 Å². The molecule has 7 nitrogen and oxygen atoms in total. The maximum absolute atomic E-state index is 4.68. The minimum absolute atomic E-state index is 0.529. The lowest BCUT2D eigenvalue weighted by Gasteiger charge is -2.31. The average Bonchev–Trinajstić information content (AvgIpc) is 3.40. The van der Waals surface area contributed by atoms with Gasteiger partial charge in [0.2, 0.25) is 0 Å². The molecule has 0 bridgehead atoms. The van der Waals surface area contributed by atoms with E-state index in [0.717, 1.165) is 51.4 Å². The summed E-state index contributed by atoms with van der Waals surface area (Å²) in [5, 5.41) is 13.8. The topological polar surface area (TPSA) is 55.0 Å². The van der Waals surface area contributed by atoms with Gasteiger partial charge in [0, 0.05) is 37.3 Å². The fourth-order valence-electron chi connectivity index (χ4n) is 4.85. The number of aryl methyl sites for hydroxylation is 2. The van der Waals surface area contributed by atoms with Crippen molar-refractivity contribution >= 4 is 0 Å². The molecule has 154 valence electrons. The monoisotopic (exact) mass is 385 g/mol. The van der Waals surface area contributed by atoms with E-state index in [1.807, 2.05) is 0 Å². The third kappa shape index (κ3) is 3.87. The first-order chi connectivity index (χ1) is 13.6. The second-order valence-electron chi connectivity index (χ2n) is 8.53. The second-order valence-corrected chi connectivity index (χ2v) is 8.53. The Morgan fingerprint density at radius 3 is 2.25 bits per heavy atom. The van der Waals surface area contributed by atoms with Crippen LogP contribution in [0, 0.1) is 13.8 Å². The highest BCUT2D eigenvalue weighted by Gasteiger charge is 2.27. The van der Waals surface area contributed by atoms with E-state index in [-0.39, 0.29) is 0 Å². The Labute approximate surface area is 168 Å². The fourth-order valence-corrected chi connectivity index (χ4v) is 4.85. The Bertz CT molecular complexity index is 792. The molecule has 0 aromatic carbocycles. The molecular formula is C21H35N7. The van der Waals surface area contributed by atoms with Crippen LogP contribution >= 0.6 is 0 Å². The van der Waals surface area contributed by atoms with Gasteiger partial charge in [0.25, 0.3) is 0 Å². The van der Waals surface area contributed by atoms with Crippen LogP contribution in [-0.2, 0) is 26.7 Å². The van der Waals surface area contributed by atoms with Crippen molar-refractivity contribution in [3.05, 3.63) is 28.6 Å². The van der Waals surface area contributed by atoms with Crippen LogP contribution in [0.5, 0.6) is 0 Å². The van der Waals surface area contributed by atoms with Crippen molar-refractivity contribution in [1.29, 1.82) is 0 Å². The Hall–Kier alpha value is -1.73. The summed E-state index contributed by atoms with van der Waals surface area (Å²) in [4.78, 5) is 5.08. The zero-order chi connectivity index (χ0) is 19.7.